The fourth-order valence-electron chi connectivity index (χ4n) is 2.20. The molecule has 0 bridgehead atoms. The van der Waals surface area contributed by atoms with Gasteiger partial charge < -0.3 is 9.84 Å². The summed E-state index contributed by atoms with van der Waals surface area (Å²) in [5.41, 5.74) is 1.59. The molecule has 0 spiro atoms. The van der Waals surface area contributed by atoms with Gasteiger partial charge in [0, 0.05) is 27.9 Å². The normalized spacial score (nSPS) is 12.2. The average Bonchev–Trinajstić information content (AvgIpc) is 2.43. The fraction of sp³-hybridized carbons (Fsp3) is 0.250. The minimum atomic E-state index is -0.630. The van der Waals surface area contributed by atoms with Crippen molar-refractivity contribution in [3.8, 4) is 5.75 Å². The molecule has 112 valence electrons. The lowest BCUT2D eigenvalue weighted by Gasteiger charge is -2.15. The highest BCUT2D eigenvalue weighted by atomic mass is 35.5. The van der Waals surface area contributed by atoms with Crippen LogP contribution in [0.2, 0.25) is 15.1 Å². The van der Waals surface area contributed by atoms with E-state index in [4.69, 9.17) is 39.5 Å². The molecule has 2 rings (SSSR count). The summed E-state index contributed by atoms with van der Waals surface area (Å²) in [4.78, 5) is 0. The van der Waals surface area contributed by atoms with Crippen LogP contribution in [0.3, 0.4) is 0 Å². The third-order valence-corrected chi connectivity index (χ3v) is 4.14. The molecule has 0 saturated carbocycles. The summed E-state index contributed by atoms with van der Waals surface area (Å²) in [6.07, 6.45) is 0.147. The Morgan fingerprint density at radius 3 is 2.33 bits per heavy atom. The van der Waals surface area contributed by atoms with Crippen LogP contribution in [0.15, 0.2) is 36.4 Å². The molecule has 0 aliphatic rings. The smallest absolute Gasteiger partial charge is 0.122 e. The quantitative estimate of drug-likeness (QED) is 0.843. The highest BCUT2D eigenvalue weighted by Crippen LogP contribution is 2.28. The first-order valence-electron chi connectivity index (χ1n) is 6.44. The number of halogens is 3. The maximum absolute atomic E-state index is 10.3. The van der Waals surface area contributed by atoms with Crippen LogP contribution in [0.1, 0.15) is 11.1 Å². The number of aliphatic hydroxyl groups is 1. The number of hydrogen-bond donors (Lipinski definition) is 1. The molecular weight excluding hydrogens is 331 g/mol. The molecule has 0 aromatic heterocycles. The lowest BCUT2D eigenvalue weighted by Crippen LogP contribution is -2.15. The zero-order chi connectivity index (χ0) is 15.4. The van der Waals surface area contributed by atoms with Gasteiger partial charge >= 0.3 is 0 Å². The molecule has 0 saturated heterocycles. The summed E-state index contributed by atoms with van der Waals surface area (Å²) in [5.74, 6) is 0.698. The Morgan fingerprint density at radius 1 is 1.05 bits per heavy atom. The van der Waals surface area contributed by atoms with Crippen LogP contribution in [0.5, 0.6) is 5.75 Å². The Hall–Kier alpha value is -0.930. The monoisotopic (exact) mass is 344 g/mol. The highest BCUT2D eigenvalue weighted by Gasteiger charge is 2.15. The van der Waals surface area contributed by atoms with Gasteiger partial charge in [0.15, 0.2) is 0 Å². The Balaban J connectivity index is 2.15. The van der Waals surface area contributed by atoms with Crippen LogP contribution in [0.25, 0.3) is 0 Å². The molecule has 2 aromatic carbocycles. The minimum absolute atomic E-state index is 0.369. The van der Waals surface area contributed by atoms with E-state index >= 15 is 0 Å². The fourth-order valence-corrected chi connectivity index (χ4v) is 2.94. The van der Waals surface area contributed by atoms with E-state index in [2.05, 4.69) is 0 Å². The van der Waals surface area contributed by atoms with E-state index in [0.717, 1.165) is 11.1 Å². The van der Waals surface area contributed by atoms with E-state index in [-0.39, 0.29) is 0 Å². The highest BCUT2D eigenvalue weighted by molar-refractivity contribution is 6.36. The molecule has 5 heteroatoms. The van der Waals surface area contributed by atoms with Crippen LogP contribution in [0, 0.1) is 0 Å². The van der Waals surface area contributed by atoms with E-state index in [1.54, 1.807) is 43.5 Å². The summed E-state index contributed by atoms with van der Waals surface area (Å²) in [6.45, 7) is 0. The van der Waals surface area contributed by atoms with Crippen LogP contribution in [-0.4, -0.2) is 18.3 Å². The van der Waals surface area contributed by atoms with Crippen molar-refractivity contribution in [1.82, 2.24) is 0 Å². The summed E-state index contributed by atoms with van der Waals surface area (Å²) in [5, 5.41) is 12.0. The molecule has 1 unspecified atom stereocenters. The first-order chi connectivity index (χ1) is 10.0. The van der Waals surface area contributed by atoms with E-state index < -0.39 is 6.10 Å². The minimum Gasteiger partial charge on any atom is -0.496 e. The van der Waals surface area contributed by atoms with Gasteiger partial charge in [0.05, 0.1) is 13.2 Å². The van der Waals surface area contributed by atoms with Crippen molar-refractivity contribution in [2.75, 3.05) is 7.11 Å². The molecule has 2 aromatic rings. The Bertz CT molecular complexity index is 609. The zero-order valence-electron chi connectivity index (χ0n) is 11.4. The average molecular weight is 346 g/mol. The van der Waals surface area contributed by atoms with Crippen molar-refractivity contribution >= 4 is 34.8 Å². The predicted octanol–water partition coefficient (Wildman–Crippen LogP) is 4.80. The van der Waals surface area contributed by atoms with Crippen molar-refractivity contribution in [2.45, 2.75) is 18.9 Å². The van der Waals surface area contributed by atoms with E-state index in [1.807, 2.05) is 0 Å². The van der Waals surface area contributed by atoms with Crippen LogP contribution < -0.4 is 4.74 Å². The number of rotatable bonds is 5. The first kappa shape index (κ1) is 16.4. The van der Waals surface area contributed by atoms with Gasteiger partial charge in [-0.05, 0) is 41.5 Å². The lowest BCUT2D eigenvalue weighted by molar-refractivity contribution is 0.174. The molecular formula is C16H15Cl3O2. The lowest BCUT2D eigenvalue weighted by atomic mass is 10.0. The Labute approximate surface area is 139 Å². The van der Waals surface area contributed by atoms with Crippen molar-refractivity contribution < 1.29 is 9.84 Å². The van der Waals surface area contributed by atoms with Gasteiger partial charge in [-0.3, -0.25) is 0 Å². The van der Waals surface area contributed by atoms with Crippen molar-refractivity contribution in [1.29, 1.82) is 0 Å². The zero-order valence-corrected chi connectivity index (χ0v) is 13.7. The SMILES string of the molecule is COc1ccc(Cl)cc1CC(O)Cc1c(Cl)cccc1Cl. The van der Waals surface area contributed by atoms with Gasteiger partial charge in [0.2, 0.25) is 0 Å². The van der Waals surface area contributed by atoms with Crippen LogP contribution in [0.4, 0.5) is 0 Å². The third kappa shape index (κ3) is 4.27. The summed E-state index contributed by atoms with van der Waals surface area (Å²) in [7, 11) is 1.59. The third-order valence-electron chi connectivity index (χ3n) is 3.20. The van der Waals surface area contributed by atoms with Crippen molar-refractivity contribution in [3.63, 3.8) is 0 Å². The number of ether oxygens (including phenoxy) is 1. The van der Waals surface area contributed by atoms with Crippen molar-refractivity contribution in [3.05, 3.63) is 62.6 Å². The maximum atomic E-state index is 10.3. The molecule has 0 fully saturated rings. The Kier molecular flexibility index (Phi) is 5.77. The number of hydrogen-bond acceptors (Lipinski definition) is 2. The van der Waals surface area contributed by atoms with Crippen molar-refractivity contribution in [2.24, 2.45) is 0 Å². The largest absolute Gasteiger partial charge is 0.496 e. The molecule has 21 heavy (non-hydrogen) atoms. The number of benzene rings is 2. The van der Waals surface area contributed by atoms with Gasteiger partial charge in [-0.15, -0.1) is 0 Å². The number of aliphatic hydroxyl groups excluding tert-OH is 1. The summed E-state index contributed by atoms with van der Waals surface area (Å²) in [6, 6.07) is 10.6. The van der Waals surface area contributed by atoms with Gasteiger partial charge in [-0.25, -0.2) is 0 Å². The Morgan fingerprint density at radius 2 is 1.71 bits per heavy atom. The topological polar surface area (TPSA) is 29.5 Å². The standard InChI is InChI=1S/C16H15Cl3O2/c1-21-16-6-5-11(17)7-10(16)8-12(20)9-13-14(18)3-2-4-15(13)19/h2-7,12,20H,8-9H2,1H3. The molecule has 1 atom stereocenters. The predicted molar refractivity (Wildman–Crippen MR) is 87.9 cm³/mol. The van der Waals surface area contributed by atoms with Crippen LogP contribution in [-0.2, 0) is 12.8 Å². The molecule has 1 N–H and O–H groups in total. The summed E-state index contributed by atoms with van der Waals surface area (Å²) < 4.78 is 5.28. The van der Waals surface area contributed by atoms with Gasteiger partial charge in [-0.1, -0.05) is 40.9 Å². The van der Waals surface area contributed by atoms with Crippen LogP contribution >= 0.6 is 34.8 Å². The maximum Gasteiger partial charge on any atom is 0.122 e. The molecule has 0 heterocycles. The van der Waals surface area contributed by atoms with E-state index in [1.165, 1.54) is 0 Å². The molecule has 0 aliphatic carbocycles. The molecule has 2 nitrogen and oxygen atoms in total. The second-order valence-electron chi connectivity index (χ2n) is 4.72. The van der Waals surface area contributed by atoms with E-state index in [9.17, 15) is 5.11 Å². The second-order valence-corrected chi connectivity index (χ2v) is 5.97. The molecule has 0 aliphatic heterocycles. The van der Waals surface area contributed by atoms with Gasteiger partial charge in [-0.2, -0.15) is 0 Å². The second kappa shape index (κ2) is 7.37. The first-order valence-corrected chi connectivity index (χ1v) is 7.58. The van der Waals surface area contributed by atoms with Gasteiger partial charge in [0.25, 0.3) is 0 Å². The van der Waals surface area contributed by atoms with E-state index in [0.29, 0.717) is 33.7 Å². The van der Waals surface area contributed by atoms with Gasteiger partial charge in [0.1, 0.15) is 5.75 Å². The summed E-state index contributed by atoms with van der Waals surface area (Å²) >= 11 is 18.2. The molecule has 0 radical (unpaired) electrons. The molecule has 0 amide bonds. The number of methoxy groups -OCH3 is 1.